The molecule has 4 aliphatic rings. The van der Waals surface area contributed by atoms with Crippen LogP contribution in [0.3, 0.4) is 0 Å². The molecule has 27 heavy (non-hydrogen) atoms. The quantitative estimate of drug-likeness (QED) is 0.756. The maximum atomic E-state index is 13.1. The number of ether oxygens (including phenoxy) is 1. The van der Waals surface area contributed by atoms with Crippen molar-refractivity contribution in [3.63, 3.8) is 0 Å². The van der Waals surface area contributed by atoms with Crippen LogP contribution in [0.25, 0.3) is 0 Å². The number of carbonyl (C=O) groups excluding carboxylic acids is 2. The summed E-state index contributed by atoms with van der Waals surface area (Å²) in [6.45, 7) is 1.73. The van der Waals surface area contributed by atoms with Crippen LogP contribution in [0, 0.1) is 29.0 Å². The molecular weight excluding hydrogens is 369 g/mol. The number of hydrogen-bond donors (Lipinski definition) is 1. The van der Waals surface area contributed by atoms with E-state index in [0.717, 1.165) is 29.9 Å². The van der Waals surface area contributed by atoms with Crippen molar-refractivity contribution in [2.45, 2.75) is 51.5 Å². The maximum Gasteiger partial charge on any atom is 0.340 e. The highest BCUT2D eigenvalue weighted by Crippen LogP contribution is 2.61. The number of hydrogen-bond acceptors (Lipinski definition) is 3. The van der Waals surface area contributed by atoms with Gasteiger partial charge in [-0.25, -0.2) is 9.18 Å². The topological polar surface area (TPSA) is 55.4 Å². The van der Waals surface area contributed by atoms with Gasteiger partial charge in [0.15, 0.2) is 6.61 Å². The summed E-state index contributed by atoms with van der Waals surface area (Å²) in [6.07, 6.45) is 7.67. The van der Waals surface area contributed by atoms with Gasteiger partial charge in [0.05, 0.1) is 10.6 Å². The van der Waals surface area contributed by atoms with Gasteiger partial charge < -0.3 is 10.1 Å². The molecule has 5 rings (SSSR count). The normalized spacial score (nSPS) is 32.2. The first-order valence-corrected chi connectivity index (χ1v) is 10.1. The fourth-order valence-corrected chi connectivity index (χ4v) is 6.25. The van der Waals surface area contributed by atoms with Crippen LogP contribution >= 0.6 is 11.6 Å². The fourth-order valence-electron chi connectivity index (χ4n) is 6.01. The van der Waals surface area contributed by atoms with E-state index in [1.165, 1.54) is 44.6 Å². The highest BCUT2D eigenvalue weighted by atomic mass is 35.5. The minimum absolute atomic E-state index is 0.0256. The molecule has 146 valence electrons. The van der Waals surface area contributed by atoms with Gasteiger partial charge in [0.2, 0.25) is 0 Å². The highest BCUT2D eigenvalue weighted by Gasteiger charge is 2.53. The second kappa shape index (κ2) is 7.08. The summed E-state index contributed by atoms with van der Waals surface area (Å²) in [6, 6.07) is 3.52. The Balaban J connectivity index is 1.32. The fraction of sp³-hybridized carbons (Fsp3) is 0.619. The molecule has 1 atom stereocenters. The van der Waals surface area contributed by atoms with E-state index in [9.17, 15) is 14.0 Å². The molecule has 6 heteroatoms. The van der Waals surface area contributed by atoms with Crippen LogP contribution in [0.5, 0.6) is 0 Å². The molecule has 0 aliphatic heterocycles. The zero-order valence-electron chi connectivity index (χ0n) is 15.5. The highest BCUT2D eigenvalue weighted by molar-refractivity contribution is 6.33. The van der Waals surface area contributed by atoms with Gasteiger partial charge in [-0.2, -0.15) is 0 Å². The number of halogens is 2. The number of nitrogens with one attached hydrogen (secondary N) is 1. The molecule has 0 aromatic heterocycles. The van der Waals surface area contributed by atoms with Crippen molar-refractivity contribution in [1.82, 2.24) is 5.32 Å². The third-order valence-electron chi connectivity index (χ3n) is 6.87. The SMILES string of the molecule is CC(NC(=O)COC(=O)c1ccc(F)cc1Cl)C12CC3CC(CC(C3)C1)C2. The van der Waals surface area contributed by atoms with Gasteiger partial charge in [-0.3, -0.25) is 4.79 Å². The van der Waals surface area contributed by atoms with Crippen molar-refractivity contribution in [2.24, 2.45) is 23.2 Å². The lowest BCUT2D eigenvalue weighted by atomic mass is 9.48. The average molecular weight is 394 g/mol. The van der Waals surface area contributed by atoms with Crippen LogP contribution in [-0.2, 0) is 9.53 Å². The molecular formula is C21H25ClFNO3. The van der Waals surface area contributed by atoms with E-state index in [1.807, 2.05) is 0 Å². The summed E-state index contributed by atoms with van der Waals surface area (Å²) >= 11 is 5.86. The van der Waals surface area contributed by atoms with E-state index < -0.39 is 11.8 Å². The van der Waals surface area contributed by atoms with Crippen molar-refractivity contribution in [2.75, 3.05) is 6.61 Å². The zero-order chi connectivity index (χ0) is 19.2. The lowest BCUT2D eigenvalue weighted by molar-refractivity contribution is -0.128. The summed E-state index contributed by atoms with van der Waals surface area (Å²) in [5.41, 5.74) is 0.259. The number of esters is 1. The Morgan fingerprint density at radius 3 is 2.37 bits per heavy atom. The second-order valence-corrected chi connectivity index (χ2v) is 9.18. The Kier molecular flexibility index (Phi) is 4.91. The molecule has 0 spiro atoms. The Labute approximate surface area is 163 Å². The number of rotatable bonds is 5. The van der Waals surface area contributed by atoms with Gasteiger partial charge in [0, 0.05) is 6.04 Å². The predicted molar refractivity (Wildman–Crippen MR) is 99.9 cm³/mol. The van der Waals surface area contributed by atoms with Gasteiger partial charge in [0.1, 0.15) is 5.82 Å². The van der Waals surface area contributed by atoms with E-state index in [0.29, 0.717) is 0 Å². The summed E-state index contributed by atoms with van der Waals surface area (Å²) in [4.78, 5) is 24.4. The molecule has 4 aliphatic carbocycles. The molecule has 0 heterocycles. The number of carbonyl (C=O) groups is 2. The Bertz CT molecular complexity index is 731. The summed E-state index contributed by atoms with van der Waals surface area (Å²) < 4.78 is 18.1. The van der Waals surface area contributed by atoms with Crippen LogP contribution in [-0.4, -0.2) is 24.5 Å². The molecule has 1 aromatic rings. The molecule has 1 N–H and O–H groups in total. The summed E-state index contributed by atoms with van der Waals surface area (Å²) in [5.74, 6) is 0.887. The zero-order valence-corrected chi connectivity index (χ0v) is 16.2. The average Bonchev–Trinajstić information content (AvgIpc) is 2.58. The Hall–Kier alpha value is -1.62. The van der Waals surface area contributed by atoms with E-state index >= 15 is 0 Å². The predicted octanol–water partition coefficient (Wildman–Crippen LogP) is 4.36. The van der Waals surface area contributed by atoms with E-state index in [4.69, 9.17) is 16.3 Å². The van der Waals surface area contributed by atoms with Crippen LogP contribution < -0.4 is 5.32 Å². The van der Waals surface area contributed by atoms with Crippen molar-refractivity contribution in [3.8, 4) is 0 Å². The van der Waals surface area contributed by atoms with Crippen LogP contribution in [0.4, 0.5) is 4.39 Å². The first kappa shape index (κ1) is 18.7. The molecule has 0 saturated heterocycles. The summed E-state index contributed by atoms with van der Waals surface area (Å²) in [7, 11) is 0. The van der Waals surface area contributed by atoms with Crippen molar-refractivity contribution >= 4 is 23.5 Å². The lowest BCUT2D eigenvalue weighted by Gasteiger charge is -2.59. The first-order valence-electron chi connectivity index (χ1n) is 9.76. The van der Waals surface area contributed by atoms with Gasteiger partial charge in [-0.1, -0.05) is 11.6 Å². The summed E-state index contributed by atoms with van der Waals surface area (Å²) in [5, 5.41) is 3.03. The monoisotopic (exact) mass is 393 g/mol. The minimum Gasteiger partial charge on any atom is -0.452 e. The van der Waals surface area contributed by atoms with Gasteiger partial charge >= 0.3 is 5.97 Å². The molecule has 0 radical (unpaired) electrons. The lowest BCUT2D eigenvalue weighted by Crippen LogP contribution is -2.56. The molecule has 1 aromatic carbocycles. The van der Waals surface area contributed by atoms with Gasteiger partial charge in [0.25, 0.3) is 5.91 Å². The third kappa shape index (κ3) is 3.71. The third-order valence-corrected chi connectivity index (χ3v) is 7.18. The van der Waals surface area contributed by atoms with E-state index in [-0.39, 0.29) is 34.6 Å². The molecule has 1 unspecified atom stereocenters. The van der Waals surface area contributed by atoms with E-state index in [2.05, 4.69) is 12.2 Å². The first-order chi connectivity index (χ1) is 12.8. The minimum atomic E-state index is -0.724. The van der Waals surface area contributed by atoms with Crippen molar-refractivity contribution in [1.29, 1.82) is 0 Å². The molecule has 4 fully saturated rings. The molecule has 4 nitrogen and oxygen atoms in total. The second-order valence-electron chi connectivity index (χ2n) is 8.77. The van der Waals surface area contributed by atoms with Crippen molar-refractivity contribution < 1.29 is 18.7 Å². The Morgan fingerprint density at radius 2 is 1.81 bits per heavy atom. The number of benzene rings is 1. The van der Waals surface area contributed by atoms with Crippen LogP contribution in [0.2, 0.25) is 5.02 Å². The standard InChI is InChI=1S/C21H25ClFNO3/c1-12(21-8-13-4-14(9-21)6-15(5-13)10-21)24-19(25)11-27-20(26)17-3-2-16(23)7-18(17)22/h2-3,7,12-15H,4-6,8-11H2,1H3,(H,24,25). The maximum absolute atomic E-state index is 13.1. The van der Waals surface area contributed by atoms with Gasteiger partial charge in [-0.05, 0) is 86.8 Å². The van der Waals surface area contributed by atoms with Gasteiger partial charge in [-0.15, -0.1) is 0 Å². The van der Waals surface area contributed by atoms with Crippen LogP contribution in [0.1, 0.15) is 55.8 Å². The van der Waals surface area contributed by atoms with E-state index in [1.54, 1.807) is 0 Å². The number of amides is 1. The smallest absolute Gasteiger partial charge is 0.340 e. The molecule has 4 bridgehead atoms. The largest absolute Gasteiger partial charge is 0.452 e. The molecule has 4 saturated carbocycles. The molecule has 1 amide bonds. The van der Waals surface area contributed by atoms with Crippen molar-refractivity contribution in [3.05, 3.63) is 34.6 Å². The van der Waals surface area contributed by atoms with Crippen LogP contribution in [0.15, 0.2) is 18.2 Å². The Morgan fingerprint density at radius 1 is 1.22 bits per heavy atom.